The summed E-state index contributed by atoms with van der Waals surface area (Å²) < 4.78 is 5.36. The lowest BCUT2D eigenvalue weighted by Crippen LogP contribution is -2.34. The zero-order chi connectivity index (χ0) is 16.3. The topological polar surface area (TPSA) is 58.6 Å². The predicted molar refractivity (Wildman–Crippen MR) is 90.0 cm³/mol. The summed E-state index contributed by atoms with van der Waals surface area (Å²) in [5.74, 6) is 0.0352. The van der Waals surface area contributed by atoms with Crippen LogP contribution in [0.5, 0.6) is 5.75 Å². The third-order valence-electron chi connectivity index (χ3n) is 4.72. The fourth-order valence-electron chi connectivity index (χ4n) is 3.49. The van der Waals surface area contributed by atoms with Gasteiger partial charge in [-0.15, -0.1) is 0 Å². The minimum atomic E-state index is -0.805. The van der Waals surface area contributed by atoms with E-state index in [-0.39, 0.29) is 6.04 Å². The van der Waals surface area contributed by atoms with Crippen molar-refractivity contribution < 1.29 is 14.6 Å². The summed E-state index contributed by atoms with van der Waals surface area (Å²) in [6, 6.07) is 17.4. The first-order valence-corrected chi connectivity index (χ1v) is 7.84. The maximum atomic E-state index is 12.0. The van der Waals surface area contributed by atoms with E-state index in [4.69, 9.17) is 4.74 Å². The lowest BCUT2D eigenvalue weighted by molar-refractivity contribution is -0.143. The molecule has 4 nitrogen and oxygen atoms in total. The van der Waals surface area contributed by atoms with Crippen LogP contribution in [0.4, 0.5) is 5.69 Å². The van der Waals surface area contributed by atoms with Crippen molar-refractivity contribution in [3.05, 3.63) is 60.2 Å². The molecule has 2 aromatic carbocycles. The number of methoxy groups -OCH3 is 1. The average Bonchev–Trinajstić information content (AvgIpc) is 3.01. The van der Waals surface area contributed by atoms with E-state index in [9.17, 15) is 9.90 Å². The monoisotopic (exact) mass is 311 g/mol. The number of hydrogen-bond donors (Lipinski definition) is 2. The number of ether oxygens (including phenoxy) is 1. The van der Waals surface area contributed by atoms with Crippen LogP contribution in [0.15, 0.2) is 54.6 Å². The Hall–Kier alpha value is -2.49. The van der Waals surface area contributed by atoms with Crippen LogP contribution in [0.25, 0.3) is 0 Å². The van der Waals surface area contributed by atoms with E-state index < -0.39 is 11.4 Å². The molecule has 2 aromatic rings. The fraction of sp³-hybridized carbons (Fsp3) is 0.316. The summed E-state index contributed by atoms with van der Waals surface area (Å²) >= 11 is 0. The van der Waals surface area contributed by atoms with Gasteiger partial charge in [-0.3, -0.25) is 4.79 Å². The first kappa shape index (κ1) is 15.4. The highest BCUT2D eigenvalue weighted by molar-refractivity contribution is 5.82. The van der Waals surface area contributed by atoms with Crippen LogP contribution in [0, 0.1) is 0 Å². The molecule has 0 bridgehead atoms. The van der Waals surface area contributed by atoms with E-state index in [1.807, 2.05) is 54.6 Å². The number of nitrogens with one attached hydrogen (secondary N) is 1. The number of carboxylic acids is 1. The van der Waals surface area contributed by atoms with E-state index >= 15 is 0 Å². The van der Waals surface area contributed by atoms with E-state index in [0.717, 1.165) is 23.4 Å². The number of para-hydroxylation sites is 2. The van der Waals surface area contributed by atoms with Gasteiger partial charge in [-0.05, 0) is 37.0 Å². The molecule has 1 aliphatic rings. The van der Waals surface area contributed by atoms with Crippen LogP contribution in [0.2, 0.25) is 0 Å². The molecule has 23 heavy (non-hydrogen) atoms. The number of carbonyl (C=O) groups is 1. The largest absolute Gasteiger partial charge is 0.495 e. The molecular formula is C19H21NO3. The number of benzene rings is 2. The standard InChI is InChI=1S/C19H21NO3/c1-23-17-10-6-5-9-16(17)20-15-11-12-19(13-15,18(21)22)14-7-3-2-4-8-14/h2-10,15,20H,11-13H2,1H3,(H,21,22). The lowest BCUT2D eigenvalue weighted by atomic mass is 9.79. The van der Waals surface area contributed by atoms with E-state index in [0.29, 0.717) is 12.8 Å². The Kier molecular flexibility index (Phi) is 4.24. The van der Waals surface area contributed by atoms with E-state index in [2.05, 4.69) is 5.32 Å². The van der Waals surface area contributed by atoms with Crippen molar-refractivity contribution >= 4 is 11.7 Å². The molecule has 2 atom stereocenters. The molecule has 1 aliphatic carbocycles. The van der Waals surface area contributed by atoms with Gasteiger partial charge in [0.25, 0.3) is 0 Å². The summed E-state index contributed by atoms with van der Waals surface area (Å²) in [6.45, 7) is 0. The zero-order valence-corrected chi connectivity index (χ0v) is 13.2. The summed E-state index contributed by atoms with van der Waals surface area (Å²) in [4.78, 5) is 12.0. The Bertz CT molecular complexity index is 686. The van der Waals surface area contributed by atoms with E-state index in [1.54, 1.807) is 7.11 Å². The van der Waals surface area contributed by atoms with Gasteiger partial charge in [-0.25, -0.2) is 0 Å². The molecule has 2 unspecified atom stereocenters. The summed E-state index contributed by atoms with van der Waals surface area (Å²) in [5.41, 5.74) is 0.993. The van der Waals surface area contributed by atoms with Gasteiger partial charge in [-0.1, -0.05) is 42.5 Å². The van der Waals surface area contributed by atoms with Crippen molar-refractivity contribution in [2.75, 3.05) is 12.4 Å². The quantitative estimate of drug-likeness (QED) is 0.884. The highest BCUT2D eigenvalue weighted by Crippen LogP contribution is 2.43. The van der Waals surface area contributed by atoms with Crippen molar-refractivity contribution in [2.45, 2.75) is 30.7 Å². The van der Waals surface area contributed by atoms with Gasteiger partial charge < -0.3 is 15.2 Å². The van der Waals surface area contributed by atoms with Crippen LogP contribution in [0.3, 0.4) is 0 Å². The number of rotatable bonds is 5. The molecule has 0 aromatic heterocycles. The second-order valence-electron chi connectivity index (χ2n) is 6.04. The molecule has 0 radical (unpaired) electrons. The maximum Gasteiger partial charge on any atom is 0.314 e. The van der Waals surface area contributed by atoms with Crippen LogP contribution in [-0.4, -0.2) is 24.2 Å². The maximum absolute atomic E-state index is 12.0. The summed E-state index contributed by atoms with van der Waals surface area (Å²) in [6.07, 6.45) is 2.03. The van der Waals surface area contributed by atoms with E-state index in [1.165, 1.54) is 0 Å². The summed E-state index contributed by atoms with van der Waals surface area (Å²) in [7, 11) is 1.64. The van der Waals surface area contributed by atoms with Crippen molar-refractivity contribution in [3.63, 3.8) is 0 Å². The Balaban J connectivity index is 1.82. The Morgan fingerprint density at radius 2 is 1.87 bits per heavy atom. The first-order chi connectivity index (χ1) is 11.2. The van der Waals surface area contributed by atoms with Crippen molar-refractivity contribution in [2.24, 2.45) is 0 Å². The van der Waals surface area contributed by atoms with Crippen LogP contribution in [-0.2, 0) is 10.2 Å². The number of aliphatic carboxylic acids is 1. The third kappa shape index (κ3) is 2.89. The van der Waals surface area contributed by atoms with Gasteiger partial charge in [0.1, 0.15) is 5.75 Å². The second kappa shape index (κ2) is 6.32. The van der Waals surface area contributed by atoms with Gasteiger partial charge in [0.15, 0.2) is 0 Å². The van der Waals surface area contributed by atoms with Gasteiger partial charge in [0.2, 0.25) is 0 Å². The highest BCUT2D eigenvalue weighted by atomic mass is 16.5. The van der Waals surface area contributed by atoms with Crippen molar-refractivity contribution in [1.29, 1.82) is 0 Å². The van der Waals surface area contributed by atoms with Crippen LogP contribution < -0.4 is 10.1 Å². The van der Waals surface area contributed by atoms with Crippen LogP contribution >= 0.6 is 0 Å². The number of carboxylic acid groups (broad SMARTS) is 1. The van der Waals surface area contributed by atoms with Gasteiger partial charge in [-0.2, -0.15) is 0 Å². The fourth-order valence-corrected chi connectivity index (χ4v) is 3.49. The predicted octanol–water partition coefficient (Wildman–Crippen LogP) is 3.68. The van der Waals surface area contributed by atoms with Gasteiger partial charge in [0, 0.05) is 6.04 Å². The minimum Gasteiger partial charge on any atom is -0.495 e. The molecule has 1 saturated carbocycles. The molecule has 4 heteroatoms. The highest BCUT2D eigenvalue weighted by Gasteiger charge is 2.46. The smallest absolute Gasteiger partial charge is 0.314 e. The molecule has 2 N–H and O–H groups in total. The van der Waals surface area contributed by atoms with Crippen LogP contribution in [0.1, 0.15) is 24.8 Å². The Morgan fingerprint density at radius 3 is 2.57 bits per heavy atom. The molecule has 0 aliphatic heterocycles. The number of hydrogen-bond acceptors (Lipinski definition) is 3. The molecule has 3 rings (SSSR count). The minimum absolute atomic E-state index is 0.114. The molecule has 0 spiro atoms. The Labute approximate surface area is 136 Å². The second-order valence-corrected chi connectivity index (χ2v) is 6.04. The SMILES string of the molecule is COc1ccccc1NC1CCC(C(=O)O)(c2ccccc2)C1. The summed E-state index contributed by atoms with van der Waals surface area (Å²) in [5, 5.41) is 13.3. The molecule has 0 saturated heterocycles. The molecular weight excluding hydrogens is 290 g/mol. The zero-order valence-electron chi connectivity index (χ0n) is 13.2. The normalized spacial score (nSPS) is 23.4. The first-order valence-electron chi connectivity index (χ1n) is 7.84. The lowest BCUT2D eigenvalue weighted by Gasteiger charge is -2.25. The molecule has 0 heterocycles. The van der Waals surface area contributed by atoms with Crippen molar-refractivity contribution in [3.8, 4) is 5.75 Å². The Morgan fingerprint density at radius 1 is 1.17 bits per heavy atom. The van der Waals surface area contributed by atoms with Gasteiger partial charge in [0.05, 0.1) is 18.2 Å². The third-order valence-corrected chi connectivity index (χ3v) is 4.72. The molecule has 0 amide bonds. The van der Waals surface area contributed by atoms with Gasteiger partial charge >= 0.3 is 5.97 Å². The van der Waals surface area contributed by atoms with Crippen molar-refractivity contribution in [1.82, 2.24) is 0 Å². The molecule has 120 valence electrons. The molecule has 1 fully saturated rings. The number of anilines is 1. The average molecular weight is 311 g/mol.